The van der Waals surface area contributed by atoms with Crippen LogP contribution in [0.15, 0.2) is 18.2 Å². The first-order valence-corrected chi connectivity index (χ1v) is 5.54. The SMILES string of the molecule is CCC(C)(C)CNc1ccc(C)cc1N. The van der Waals surface area contributed by atoms with E-state index in [0.717, 1.165) is 24.3 Å². The lowest BCUT2D eigenvalue weighted by atomic mass is 9.90. The van der Waals surface area contributed by atoms with Crippen molar-refractivity contribution >= 4 is 11.4 Å². The number of aryl methyl sites for hydroxylation is 1. The van der Waals surface area contributed by atoms with Gasteiger partial charge < -0.3 is 11.1 Å². The maximum absolute atomic E-state index is 5.93. The fourth-order valence-corrected chi connectivity index (χ4v) is 1.30. The summed E-state index contributed by atoms with van der Waals surface area (Å²) in [5, 5.41) is 3.41. The molecule has 0 atom stereocenters. The van der Waals surface area contributed by atoms with Gasteiger partial charge in [0.25, 0.3) is 0 Å². The molecule has 1 aromatic carbocycles. The summed E-state index contributed by atoms with van der Waals surface area (Å²) in [4.78, 5) is 0. The van der Waals surface area contributed by atoms with Crippen LogP contribution in [0.3, 0.4) is 0 Å². The predicted molar refractivity (Wildman–Crippen MR) is 68.2 cm³/mol. The average Bonchev–Trinajstić information content (AvgIpc) is 2.16. The van der Waals surface area contributed by atoms with E-state index in [1.54, 1.807) is 0 Å². The van der Waals surface area contributed by atoms with Crippen LogP contribution in [0.2, 0.25) is 0 Å². The Morgan fingerprint density at radius 1 is 1.33 bits per heavy atom. The molecule has 0 bridgehead atoms. The molecule has 1 aromatic rings. The van der Waals surface area contributed by atoms with E-state index in [4.69, 9.17) is 5.73 Å². The quantitative estimate of drug-likeness (QED) is 0.741. The minimum absolute atomic E-state index is 0.317. The van der Waals surface area contributed by atoms with E-state index in [9.17, 15) is 0 Å². The van der Waals surface area contributed by atoms with Gasteiger partial charge in [-0.2, -0.15) is 0 Å². The summed E-state index contributed by atoms with van der Waals surface area (Å²) in [6.45, 7) is 9.72. The molecule has 0 radical (unpaired) electrons. The second kappa shape index (κ2) is 4.56. The van der Waals surface area contributed by atoms with Crippen molar-refractivity contribution in [3.8, 4) is 0 Å². The number of nitrogen functional groups attached to an aromatic ring is 1. The molecule has 2 heteroatoms. The van der Waals surface area contributed by atoms with Crippen LogP contribution in [0.25, 0.3) is 0 Å². The van der Waals surface area contributed by atoms with Gasteiger partial charge in [-0.15, -0.1) is 0 Å². The highest BCUT2D eigenvalue weighted by atomic mass is 14.9. The maximum atomic E-state index is 5.93. The lowest BCUT2D eigenvalue weighted by molar-refractivity contribution is 0.377. The van der Waals surface area contributed by atoms with E-state index >= 15 is 0 Å². The molecule has 1 rings (SSSR count). The van der Waals surface area contributed by atoms with Gasteiger partial charge in [-0.3, -0.25) is 0 Å². The number of nitrogens with two attached hydrogens (primary N) is 1. The predicted octanol–water partition coefficient (Wildman–Crippen LogP) is 3.43. The Morgan fingerprint density at radius 2 is 2.00 bits per heavy atom. The topological polar surface area (TPSA) is 38.0 Å². The Labute approximate surface area is 92.9 Å². The van der Waals surface area contributed by atoms with E-state index < -0.39 is 0 Å². The number of anilines is 2. The van der Waals surface area contributed by atoms with Crippen LogP contribution in [-0.2, 0) is 0 Å². The summed E-state index contributed by atoms with van der Waals surface area (Å²) in [7, 11) is 0. The lowest BCUT2D eigenvalue weighted by Crippen LogP contribution is -2.22. The van der Waals surface area contributed by atoms with Crippen molar-refractivity contribution in [1.29, 1.82) is 0 Å². The molecule has 0 saturated carbocycles. The summed E-state index contributed by atoms with van der Waals surface area (Å²) >= 11 is 0. The third kappa shape index (κ3) is 3.46. The van der Waals surface area contributed by atoms with E-state index in [1.807, 2.05) is 6.07 Å². The van der Waals surface area contributed by atoms with Gasteiger partial charge in [0, 0.05) is 6.54 Å². The average molecular weight is 206 g/mol. The van der Waals surface area contributed by atoms with E-state index in [2.05, 4.69) is 45.1 Å². The molecule has 0 aromatic heterocycles. The molecule has 15 heavy (non-hydrogen) atoms. The molecule has 0 spiro atoms. The van der Waals surface area contributed by atoms with Gasteiger partial charge >= 0.3 is 0 Å². The van der Waals surface area contributed by atoms with Crippen molar-refractivity contribution in [3.05, 3.63) is 23.8 Å². The highest BCUT2D eigenvalue weighted by molar-refractivity contribution is 5.66. The van der Waals surface area contributed by atoms with Crippen molar-refractivity contribution in [3.63, 3.8) is 0 Å². The van der Waals surface area contributed by atoms with Gasteiger partial charge in [0.05, 0.1) is 11.4 Å². The molecule has 0 amide bonds. The maximum Gasteiger partial charge on any atom is 0.0574 e. The molecule has 0 fully saturated rings. The largest absolute Gasteiger partial charge is 0.397 e. The van der Waals surface area contributed by atoms with Crippen LogP contribution in [0, 0.1) is 12.3 Å². The van der Waals surface area contributed by atoms with Gasteiger partial charge in [0.2, 0.25) is 0 Å². The molecule has 0 unspecified atom stereocenters. The zero-order chi connectivity index (χ0) is 11.5. The van der Waals surface area contributed by atoms with Crippen LogP contribution in [0.1, 0.15) is 32.8 Å². The fourth-order valence-electron chi connectivity index (χ4n) is 1.30. The third-order valence-electron chi connectivity index (χ3n) is 2.92. The molecule has 3 N–H and O–H groups in total. The summed E-state index contributed by atoms with van der Waals surface area (Å²) < 4.78 is 0. The van der Waals surface area contributed by atoms with Crippen LogP contribution < -0.4 is 11.1 Å². The van der Waals surface area contributed by atoms with Crippen molar-refractivity contribution < 1.29 is 0 Å². The number of rotatable bonds is 4. The van der Waals surface area contributed by atoms with Crippen molar-refractivity contribution in [2.24, 2.45) is 5.41 Å². The highest BCUT2D eigenvalue weighted by Crippen LogP contribution is 2.24. The zero-order valence-electron chi connectivity index (χ0n) is 10.2. The molecular weight excluding hydrogens is 184 g/mol. The van der Waals surface area contributed by atoms with Crippen LogP contribution >= 0.6 is 0 Å². The first-order valence-electron chi connectivity index (χ1n) is 5.54. The Balaban J connectivity index is 2.66. The third-order valence-corrected chi connectivity index (χ3v) is 2.92. The minimum atomic E-state index is 0.317. The smallest absolute Gasteiger partial charge is 0.0574 e. The Kier molecular flexibility index (Phi) is 3.61. The summed E-state index contributed by atoms with van der Waals surface area (Å²) in [6.07, 6.45) is 1.16. The second-order valence-electron chi connectivity index (χ2n) is 4.96. The lowest BCUT2D eigenvalue weighted by Gasteiger charge is -2.24. The molecule has 0 saturated heterocycles. The van der Waals surface area contributed by atoms with Crippen molar-refractivity contribution in [2.45, 2.75) is 34.1 Å². The molecule has 0 aliphatic carbocycles. The summed E-state index contributed by atoms with van der Waals surface area (Å²) in [5.41, 5.74) is 9.33. The first-order chi connectivity index (χ1) is 6.94. The molecule has 0 heterocycles. The Hall–Kier alpha value is -1.18. The van der Waals surface area contributed by atoms with E-state index in [0.29, 0.717) is 5.41 Å². The number of nitrogens with one attached hydrogen (secondary N) is 1. The minimum Gasteiger partial charge on any atom is -0.397 e. The molecule has 0 aliphatic rings. The molecular formula is C13H22N2. The van der Waals surface area contributed by atoms with E-state index in [-0.39, 0.29) is 0 Å². The fraction of sp³-hybridized carbons (Fsp3) is 0.538. The van der Waals surface area contributed by atoms with Gasteiger partial charge in [0.15, 0.2) is 0 Å². The second-order valence-corrected chi connectivity index (χ2v) is 4.96. The molecule has 2 nitrogen and oxygen atoms in total. The first kappa shape index (κ1) is 11.9. The zero-order valence-corrected chi connectivity index (χ0v) is 10.2. The number of benzene rings is 1. The number of hydrogen-bond acceptors (Lipinski definition) is 2. The van der Waals surface area contributed by atoms with Gasteiger partial charge in [0.1, 0.15) is 0 Å². The van der Waals surface area contributed by atoms with Crippen LogP contribution in [0.5, 0.6) is 0 Å². The Bertz CT molecular complexity index is 329. The normalized spacial score (nSPS) is 11.5. The van der Waals surface area contributed by atoms with E-state index in [1.165, 1.54) is 5.56 Å². The highest BCUT2D eigenvalue weighted by Gasteiger charge is 2.14. The summed E-state index contributed by atoms with van der Waals surface area (Å²) in [6, 6.07) is 6.13. The van der Waals surface area contributed by atoms with Crippen LogP contribution in [0.4, 0.5) is 11.4 Å². The standard InChI is InChI=1S/C13H22N2/c1-5-13(3,4)9-15-12-7-6-10(2)8-11(12)14/h6-8,15H,5,9,14H2,1-4H3. The van der Waals surface area contributed by atoms with Gasteiger partial charge in [-0.25, -0.2) is 0 Å². The van der Waals surface area contributed by atoms with Crippen molar-refractivity contribution in [2.75, 3.05) is 17.6 Å². The van der Waals surface area contributed by atoms with Crippen LogP contribution in [-0.4, -0.2) is 6.54 Å². The van der Waals surface area contributed by atoms with Crippen molar-refractivity contribution in [1.82, 2.24) is 0 Å². The summed E-state index contributed by atoms with van der Waals surface area (Å²) in [5.74, 6) is 0. The molecule has 84 valence electrons. The van der Waals surface area contributed by atoms with Gasteiger partial charge in [-0.05, 0) is 36.5 Å². The monoisotopic (exact) mass is 206 g/mol. The number of hydrogen-bond donors (Lipinski definition) is 2. The Morgan fingerprint density at radius 3 is 2.53 bits per heavy atom. The molecule has 0 aliphatic heterocycles. The van der Waals surface area contributed by atoms with Gasteiger partial charge in [-0.1, -0.05) is 26.8 Å².